The first-order valence-corrected chi connectivity index (χ1v) is 9.25. The molecule has 0 N–H and O–H groups in total. The molecule has 0 aromatic heterocycles. The van der Waals surface area contributed by atoms with Crippen LogP contribution in [0.2, 0.25) is 0 Å². The number of hydrogen-bond donors (Lipinski definition) is 0. The van der Waals surface area contributed by atoms with Crippen LogP contribution in [-0.2, 0) is 0 Å². The molecule has 0 bridgehead atoms. The smallest absolute Gasteiger partial charge is 0.0161 e. The monoisotopic (exact) mass is 326 g/mol. The van der Waals surface area contributed by atoms with Gasteiger partial charge in [-0.2, -0.15) is 0 Å². The number of nitrogens with zero attached hydrogens (tertiary/aromatic N) is 2. The van der Waals surface area contributed by atoms with Crippen LogP contribution in [0.5, 0.6) is 0 Å². The molecule has 23 heavy (non-hydrogen) atoms. The maximum atomic E-state index is 2.59. The highest BCUT2D eigenvalue weighted by molar-refractivity contribution is 4.96. The number of hydrogen-bond acceptors (Lipinski definition) is 2. The Morgan fingerprint density at radius 3 is 0.870 bits per heavy atom. The third-order valence-corrected chi connectivity index (χ3v) is 5.50. The van der Waals surface area contributed by atoms with Gasteiger partial charge < -0.3 is 0 Å². The van der Waals surface area contributed by atoms with Crippen molar-refractivity contribution in [2.75, 3.05) is 14.1 Å². The summed E-state index contributed by atoms with van der Waals surface area (Å²) in [6.07, 6.45) is 1.19. The minimum atomic E-state index is 0.181. The standard InChI is InChI=1S/C21H46N2/c1-18(2,3)16(22(13)20(7,8)9)15-17(19(4,5)6)23(14)21(10,11)12/h16-17H,15H2,1-14H3. The molecular weight excluding hydrogens is 280 g/mol. The van der Waals surface area contributed by atoms with Crippen LogP contribution in [0.25, 0.3) is 0 Å². The van der Waals surface area contributed by atoms with Crippen LogP contribution in [0.1, 0.15) is 89.5 Å². The van der Waals surface area contributed by atoms with Crippen molar-refractivity contribution in [3.05, 3.63) is 0 Å². The maximum Gasteiger partial charge on any atom is 0.0161 e. The maximum absolute atomic E-state index is 2.59. The van der Waals surface area contributed by atoms with Crippen LogP contribution in [0.3, 0.4) is 0 Å². The minimum Gasteiger partial charge on any atom is -0.298 e. The van der Waals surface area contributed by atoms with Crippen molar-refractivity contribution in [1.82, 2.24) is 9.80 Å². The Labute approximate surface area is 148 Å². The molecule has 0 fully saturated rings. The predicted octanol–water partition coefficient (Wildman–Crippen LogP) is 5.67. The van der Waals surface area contributed by atoms with Gasteiger partial charge in [-0.3, -0.25) is 9.80 Å². The predicted molar refractivity (Wildman–Crippen MR) is 106 cm³/mol. The molecule has 0 saturated heterocycles. The fraction of sp³-hybridized carbons (Fsp3) is 1.00. The van der Waals surface area contributed by atoms with E-state index in [9.17, 15) is 0 Å². The van der Waals surface area contributed by atoms with E-state index < -0.39 is 0 Å². The Balaban J connectivity index is 5.74. The lowest BCUT2D eigenvalue weighted by molar-refractivity contribution is -0.0182. The molecular formula is C21H46N2. The zero-order valence-electron chi connectivity index (χ0n) is 18.8. The van der Waals surface area contributed by atoms with Gasteiger partial charge in [0.05, 0.1) is 0 Å². The first kappa shape index (κ1) is 22.9. The molecule has 0 saturated carbocycles. The molecule has 0 rings (SSSR count). The Bertz CT molecular complexity index is 321. The first-order chi connectivity index (χ1) is 9.79. The minimum absolute atomic E-state index is 0.181. The molecule has 0 aliphatic heterocycles. The highest BCUT2D eigenvalue weighted by atomic mass is 15.2. The molecule has 2 unspecified atom stereocenters. The number of rotatable bonds is 4. The third kappa shape index (κ3) is 6.74. The van der Waals surface area contributed by atoms with Gasteiger partial charge in [-0.25, -0.2) is 0 Å². The lowest BCUT2D eigenvalue weighted by Gasteiger charge is -2.51. The highest BCUT2D eigenvalue weighted by Crippen LogP contribution is 2.38. The Kier molecular flexibility index (Phi) is 7.01. The topological polar surface area (TPSA) is 6.48 Å². The molecule has 2 nitrogen and oxygen atoms in total. The normalized spacial score (nSPS) is 17.7. The third-order valence-electron chi connectivity index (χ3n) is 5.50. The summed E-state index contributed by atoms with van der Waals surface area (Å²) >= 11 is 0. The van der Waals surface area contributed by atoms with Crippen LogP contribution in [0, 0.1) is 10.8 Å². The largest absolute Gasteiger partial charge is 0.298 e. The van der Waals surface area contributed by atoms with E-state index in [1.807, 2.05) is 0 Å². The lowest BCUT2D eigenvalue weighted by Crippen LogP contribution is -2.57. The average molecular weight is 327 g/mol. The van der Waals surface area contributed by atoms with Crippen LogP contribution >= 0.6 is 0 Å². The van der Waals surface area contributed by atoms with Crippen LogP contribution < -0.4 is 0 Å². The van der Waals surface area contributed by atoms with Gasteiger partial charge in [-0.15, -0.1) is 0 Å². The fourth-order valence-electron chi connectivity index (χ4n) is 3.33. The van der Waals surface area contributed by atoms with Gasteiger partial charge >= 0.3 is 0 Å². The zero-order chi connectivity index (χ0) is 19.0. The van der Waals surface area contributed by atoms with Gasteiger partial charge in [0.2, 0.25) is 0 Å². The molecule has 0 amide bonds. The van der Waals surface area contributed by atoms with Crippen LogP contribution in [0.15, 0.2) is 0 Å². The van der Waals surface area contributed by atoms with Gasteiger partial charge in [0.1, 0.15) is 0 Å². The summed E-state index contributed by atoms with van der Waals surface area (Å²) in [6.45, 7) is 28.3. The van der Waals surface area contributed by atoms with E-state index in [-0.39, 0.29) is 21.9 Å². The van der Waals surface area contributed by atoms with E-state index in [4.69, 9.17) is 0 Å². The Morgan fingerprint density at radius 2 is 0.739 bits per heavy atom. The van der Waals surface area contributed by atoms with E-state index in [2.05, 4.69) is 107 Å². The van der Waals surface area contributed by atoms with Crippen molar-refractivity contribution in [3.63, 3.8) is 0 Å². The summed E-state index contributed by atoms with van der Waals surface area (Å²) in [5.41, 5.74) is 0.871. The highest BCUT2D eigenvalue weighted by Gasteiger charge is 2.41. The second kappa shape index (κ2) is 7.04. The van der Waals surface area contributed by atoms with Crippen LogP contribution in [0.4, 0.5) is 0 Å². The van der Waals surface area contributed by atoms with E-state index in [1.165, 1.54) is 6.42 Å². The Morgan fingerprint density at radius 1 is 0.522 bits per heavy atom. The summed E-state index contributed by atoms with van der Waals surface area (Å²) in [6, 6.07) is 1.08. The Hall–Kier alpha value is -0.0800. The van der Waals surface area contributed by atoms with E-state index >= 15 is 0 Å². The summed E-state index contributed by atoms with van der Waals surface area (Å²) in [7, 11) is 4.60. The quantitative estimate of drug-likeness (QED) is 0.657. The summed E-state index contributed by atoms with van der Waals surface area (Å²) in [4.78, 5) is 5.17. The summed E-state index contributed by atoms with van der Waals surface area (Å²) < 4.78 is 0. The first-order valence-electron chi connectivity index (χ1n) is 9.25. The van der Waals surface area contributed by atoms with Gasteiger partial charge in [0.25, 0.3) is 0 Å². The molecule has 2 atom stereocenters. The zero-order valence-corrected chi connectivity index (χ0v) is 18.8. The molecule has 0 spiro atoms. The average Bonchev–Trinajstić information content (AvgIpc) is 2.22. The van der Waals surface area contributed by atoms with Crippen LogP contribution in [-0.4, -0.2) is 47.1 Å². The summed E-state index contributed by atoms with van der Waals surface area (Å²) in [5.74, 6) is 0. The SMILES string of the molecule is CN(C(CC(N(C)C(C)(C)C)C(C)(C)C)C(C)(C)C)C(C)(C)C. The fourth-order valence-corrected chi connectivity index (χ4v) is 3.33. The van der Waals surface area contributed by atoms with Gasteiger partial charge in [0, 0.05) is 23.2 Å². The second-order valence-corrected chi connectivity index (χ2v) is 11.6. The molecule has 0 aromatic rings. The van der Waals surface area contributed by atoms with Crippen molar-refractivity contribution in [2.45, 2.75) is 113 Å². The van der Waals surface area contributed by atoms with Crippen molar-refractivity contribution < 1.29 is 0 Å². The molecule has 0 heterocycles. The molecule has 0 radical (unpaired) electrons. The molecule has 2 heteroatoms. The summed E-state index contributed by atoms with van der Waals surface area (Å²) in [5, 5.41) is 0. The molecule has 0 aliphatic carbocycles. The van der Waals surface area contributed by atoms with Gasteiger partial charge in [-0.05, 0) is 72.9 Å². The van der Waals surface area contributed by atoms with Gasteiger partial charge in [-0.1, -0.05) is 41.5 Å². The van der Waals surface area contributed by atoms with Crippen molar-refractivity contribution in [3.8, 4) is 0 Å². The molecule has 0 aliphatic rings. The lowest BCUT2D eigenvalue weighted by atomic mass is 9.74. The van der Waals surface area contributed by atoms with Crippen molar-refractivity contribution in [1.29, 1.82) is 0 Å². The van der Waals surface area contributed by atoms with E-state index in [0.29, 0.717) is 12.1 Å². The molecule has 140 valence electrons. The van der Waals surface area contributed by atoms with Gasteiger partial charge in [0.15, 0.2) is 0 Å². The molecule has 0 aromatic carbocycles. The second-order valence-electron chi connectivity index (χ2n) is 11.6. The van der Waals surface area contributed by atoms with E-state index in [0.717, 1.165) is 0 Å². The van der Waals surface area contributed by atoms with Crippen molar-refractivity contribution in [2.24, 2.45) is 10.8 Å². The van der Waals surface area contributed by atoms with E-state index in [1.54, 1.807) is 0 Å². The van der Waals surface area contributed by atoms with Crippen molar-refractivity contribution >= 4 is 0 Å².